The number of aromatic hydroxyl groups is 1. The zero-order valence-corrected chi connectivity index (χ0v) is 12.3. The lowest BCUT2D eigenvalue weighted by molar-refractivity contribution is 0.151. The van der Waals surface area contributed by atoms with E-state index in [1.165, 1.54) is 5.56 Å². The van der Waals surface area contributed by atoms with Crippen LogP contribution >= 0.6 is 0 Å². The van der Waals surface area contributed by atoms with Gasteiger partial charge in [-0.2, -0.15) is 0 Å². The number of nitrogens with zero attached hydrogens (tertiary/aromatic N) is 1. The van der Waals surface area contributed by atoms with Crippen molar-refractivity contribution < 1.29 is 5.11 Å². The van der Waals surface area contributed by atoms with Gasteiger partial charge in [0.2, 0.25) is 0 Å². The molecule has 2 rings (SSSR count). The Balaban J connectivity index is 2.27. The van der Waals surface area contributed by atoms with E-state index in [9.17, 15) is 5.11 Å². The molecule has 0 aromatic heterocycles. The highest BCUT2D eigenvalue weighted by Crippen LogP contribution is 2.34. The highest BCUT2D eigenvalue weighted by atomic mass is 16.3. The van der Waals surface area contributed by atoms with Crippen molar-refractivity contribution in [2.24, 2.45) is 5.92 Å². The minimum Gasteiger partial charge on any atom is -0.508 e. The number of aryl methyl sites for hydroxylation is 1. The van der Waals surface area contributed by atoms with Gasteiger partial charge in [0.15, 0.2) is 0 Å². The van der Waals surface area contributed by atoms with Crippen LogP contribution in [0.3, 0.4) is 0 Å². The minimum absolute atomic E-state index is 0.335. The summed E-state index contributed by atoms with van der Waals surface area (Å²) in [5, 5.41) is 13.6. The van der Waals surface area contributed by atoms with Crippen LogP contribution in [-0.2, 0) is 0 Å². The van der Waals surface area contributed by atoms with E-state index < -0.39 is 0 Å². The molecule has 0 bridgehead atoms. The fourth-order valence-electron chi connectivity index (χ4n) is 2.85. The van der Waals surface area contributed by atoms with Crippen molar-refractivity contribution in [3.05, 3.63) is 29.3 Å². The van der Waals surface area contributed by atoms with Crippen molar-refractivity contribution in [1.29, 1.82) is 0 Å². The summed E-state index contributed by atoms with van der Waals surface area (Å²) in [6.45, 7) is 10.8. The molecule has 1 saturated heterocycles. The van der Waals surface area contributed by atoms with Crippen LogP contribution in [0.4, 0.5) is 0 Å². The first-order valence-corrected chi connectivity index (χ1v) is 7.32. The molecular formula is C16H26N2O. The van der Waals surface area contributed by atoms with E-state index in [4.69, 9.17) is 0 Å². The second-order valence-corrected chi connectivity index (χ2v) is 5.99. The Morgan fingerprint density at radius 1 is 1.26 bits per heavy atom. The van der Waals surface area contributed by atoms with Gasteiger partial charge in [-0.1, -0.05) is 31.5 Å². The lowest BCUT2D eigenvalue weighted by Gasteiger charge is -2.36. The van der Waals surface area contributed by atoms with Gasteiger partial charge in [-0.3, -0.25) is 4.90 Å². The van der Waals surface area contributed by atoms with Crippen LogP contribution in [-0.4, -0.2) is 36.2 Å². The zero-order valence-electron chi connectivity index (χ0n) is 12.3. The molecule has 1 aromatic rings. The Hall–Kier alpha value is -1.06. The molecule has 106 valence electrons. The van der Waals surface area contributed by atoms with Crippen LogP contribution in [0.2, 0.25) is 0 Å². The summed E-state index contributed by atoms with van der Waals surface area (Å²) in [6.07, 6.45) is 1.09. The predicted molar refractivity (Wildman–Crippen MR) is 79.5 cm³/mol. The predicted octanol–water partition coefficient (Wildman–Crippen LogP) is 2.69. The van der Waals surface area contributed by atoms with E-state index in [0.717, 1.165) is 38.2 Å². The molecule has 3 heteroatoms. The second-order valence-electron chi connectivity index (χ2n) is 5.99. The molecule has 1 aliphatic rings. The maximum absolute atomic E-state index is 10.2. The van der Waals surface area contributed by atoms with Crippen molar-refractivity contribution in [3.8, 4) is 5.75 Å². The van der Waals surface area contributed by atoms with E-state index in [1.54, 1.807) is 0 Å². The topological polar surface area (TPSA) is 35.5 Å². The monoisotopic (exact) mass is 262 g/mol. The summed E-state index contributed by atoms with van der Waals surface area (Å²) in [7, 11) is 0. The maximum Gasteiger partial charge on any atom is 0.120 e. The van der Waals surface area contributed by atoms with Gasteiger partial charge in [-0.15, -0.1) is 0 Å². The Morgan fingerprint density at radius 3 is 2.58 bits per heavy atom. The highest BCUT2D eigenvalue weighted by molar-refractivity contribution is 5.38. The molecule has 0 spiro atoms. The highest BCUT2D eigenvalue weighted by Gasteiger charge is 2.25. The SMILES string of the molecule is Cc1ccc(O)c([C@H](CC(C)C)N2CCNCC2)c1. The van der Waals surface area contributed by atoms with Crippen molar-refractivity contribution in [2.75, 3.05) is 26.2 Å². The maximum atomic E-state index is 10.2. The van der Waals surface area contributed by atoms with E-state index >= 15 is 0 Å². The number of rotatable bonds is 4. The van der Waals surface area contributed by atoms with Gasteiger partial charge < -0.3 is 10.4 Å². The van der Waals surface area contributed by atoms with Crippen LogP contribution < -0.4 is 5.32 Å². The lowest BCUT2D eigenvalue weighted by atomic mass is 9.93. The Kier molecular flexibility index (Phi) is 4.83. The summed E-state index contributed by atoms with van der Waals surface area (Å²) in [6, 6.07) is 6.29. The van der Waals surface area contributed by atoms with Crippen molar-refractivity contribution in [1.82, 2.24) is 10.2 Å². The molecule has 2 N–H and O–H groups in total. The number of hydrogen-bond acceptors (Lipinski definition) is 3. The first-order valence-electron chi connectivity index (χ1n) is 7.32. The first-order chi connectivity index (χ1) is 9.08. The smallest absolute Gasteiger partial charge is 0.120 e. The molecule has 19 heavy (non-hydrogen) atoms. The van der Waals surface area contributed by atoms with Gasteiger partial charge in [0, 0.05) is 37.8 Å². The fourth-order valence-corrected chi connectivity index (χ4v) is 2.85. The fraction of sp³-hybridized carbons (Fsp3) is 0.625. The number of hydrogen-bond donors (Lipinski definition) is 2. The molecule has 0 amide bonds. The average Bonchev–Trinajstić information content (AvgIpc) is 2.40. The number of phenolic OH excluding ortho intramolecular Hbond substituents is 1. The molecule has 1 atom stereocenters. The third-order valence-corrected chi connectivity index (χ3v) is 3.83. The molecule has 1 aliphatic heterocycles. The lowest BCUT2D eigenvalue weighted by Crippen LogP contribution is -2.45. The molecule has 0 saturated carbocycles. The molecule has 0 radical (unpaired) electrons. The van der Waals surface area contributed by atoms with E-state index in [1.807, 2.05) is 12.1 Å². The van der Waals surface area contributed by atoms with Crippen molar-refractivity contribution in [3.63, 3.8) is 0 Å². The minimum atomic E-state index is 0.335. The van der Waals surface area contributed by atoms with E-state index in [-0.39, 0.29) is 0 Å². The Morgan fingerprint density at radius 2 is 1.95 bits per heavy atom. The van der Waals surface area contributed by atoms with Crippen LogP contribution in [0, 0.1) is 12.8 Å². The van der Waals surface area contributed by atoms with Gasteiger partial charge in [0.25, 0.3) is 0 Å². The molecular weight excluding hydrogens is 236 g/mol. The van der Waals surface area contributed by atoms with Gasteiger partial charge in [0.1, 0.15) is 5.75 Å². The second kappa shape index (κ2) is 6.40. The largest absolute Gasteiger partial charge is 0.508 e. The first kappa shape index (κ1) is 14.4. The molecule has 0 aliphatic carbocycles. The molecule has 3 nitrogen and oxygen atoms in total. The van der Waals surface area contributed by atoms with Gasteiger partial charge >= 0.3 is 0 Å². The van der Waals surface area contributed by atoms with Gasteiger partial charge in [-0.05, 0) is 25.3 Å². The van der Waals surface area contributed by atoms with Gasteiger partial charge in [-0.25, -0.2) is 0 Å². The third-order valence-electron chi connectivity index (χ3n) is 3.83. The van der Waals surface area contributed by atoms with Crippen molar-refractivity contribution in [2.45, 2.75) is 33.2 Å². The average molecular weight is 262 g/mol. The summed E-state index contributed by atoms with van der Waals surface area (Å²) in [5.41, 5.74) is 2.31. The summed E-state index contributed by atoms with van der Waals surface area (Å²) in [4.78, 5) is 2.50. The molecule has 1 fully saturated rings. The van der Waals surface area contributed by atoms with Crippen LogP contribution in [0.1, 0.15) is 37.4 Å². The van der Waals surface area contributed by atoms with Crippen LogP contribution in [0.25, 0.3) is 0 Å². The Labute approximate surface area is 116 Å². The number of piperazine rings is 1. The third kappa shape index (κ3) is 3.71. The summed E-state index contributed by atoms with van der Waals surface area (Å²) >= 11 is 0. The number of phenols is 1. The molecule has 1 aromatic carbocycles. The summed E-state index contributed by atoms with van der Waals surface area (Å²) in [5.74, 6) is 1.06. The number of nitrogens with one attached hydrogen (secondary N) is 1. The van der Waals surface area contributed by atoms with Crippen molar-refractivity contribution >= 4 is 0 Å². The van der Waals surface area contributed by atoms with E-state index in [2.05, 4.69) is 37.1 Å². The van der Waals surface area contributed by atoms with E-state index in [0.29, 0.717) is 17.7 Å². The van der Waals surface area contributed by atoms with Crippen LogP contribution in [0.15, 0.2) is 18.2 Å². The molecule has 1 heterocycles. The Bertz CT molecular complexity index is 411. The quantitative estimate of drug-likeness (QED) is 0.876. The number of benzene rings is 1. The zero-order chi connectivity index (χ0) is 13.8. The standard InChI is InChI=1S/C16H26N2O/c1-12(2)10-15(18-8-6-17-7-9-18)14-11-13(3)4-5-16(14)19/h4-5,11-12,15,17,19H,6-10H2,1-3H3/t15-/m0/s1. The summed E-state index contributed by atoms with van der Waals surface area (Å²) < 4.78 is 0. The van der Waals surface area contributed by atoms with Crippen LogP contribution in [0.5, 0.6) is 5.75 Å². The van der Waals surface area contributed by atoms with Gasteiger partial charge in [0.05, 0.1) is 0 Å². The normalized spacial score (nSPS) is 18.7. The molecule has 0 unspecified atom stereocenters.